The second-order valence-electron chi connectivity index (χ2n) is 3.09. The molecule has 0 aromatic heterocycles. The van der Waals surface area contributed by atoms with Crippen molar-refractivity contribution in [1.82, 2.24) is 5.32 Å². The largest absolute Gasteiger partial charge is 0.395 e. The van der Waals surface area contributed by atoms with E-state index in [9.17, 15) is 0 Å². The standard InChI is InChI=1S/C5H11NO.C3H8.C2H6O.C2H6/c7-4-5-2-1-3-6-5;2*1-3-2;1-2/h5-7H,1-4H2;3H2,1-2H3;1-2H3;1-2H3. The van der Waals surface area contributed by atoms with Crippen LogP contribution in [0.25, 0.3) is 0 Å². The van der Waals surface area contributed by atoms with E-state index in [1.807, 2.05) is 13.8 Å². The van der Waals surface area contributed by atoms with Crippen LogP contribution in [0.5, 0.6) is 0 Å². The van der Waals surface area contributed by atoms with Crippen LogP contribution in [0, 0.1) is 0 Å². The lowest BCUT2D eigenvalue weighted by molar-refractivity contribution is 0.255. The summed E-state index contributed by atoms with van der Waals surface area (Å²) in [6.07, 6.45) is 3.63. The van der Waals surface area contributed by atoms with Gasteiger partial charge in [-0.3, -0.25) is 0 Å². The van der Waals surface area contributed by atoms with Crippen molar-refractivity contribution in [2.45, 2.75) is 53.0 Å². The van der Waals surface area contributed by atoms with Gasteiger partial charge in [-0.25, -0.2) is 0 Å². The summed E-state index contributed by atoms with van der Waals surface area (Å²) in [6, 6.07) is 0.403. The molecule has 1 heterocycles. The molecule has 96 valence electrons. The van der Waals surface area contributed by atoms with Gasteiger partial charge in [-0.15, -0.1) is 0 Å². The fraction of sp³-hybridized carbons (Fsp3) is 1.00. The van der Waals surface area contributed by atoms with Gasteiger partial charge >= 0.3 is 0 Å². The Labute approximate surface area is 96.2 Å². The van der Waals surface area contributed by atoms with E-state index < -0.39 is 0 Å². The van der Waals surface area contributed by atoms with Crippen LogP contribution in [0.1, 0.15) is 47.0 Å². The van der Waals surface area contributed by atoms with E-state index in [-0.39, 0.29) is 0 Å². The maximum Gasteiger partial charge on any atom is 0.0584 e. The second-order valence-corrected chi connectivity index (χ2v) is 3.09. The zero-order chi connectivity index (χ0) is 12.5. The zero-order valence-electron chi connectivity index (χ0n) is 11.5. The lowest BCUT2D eigenvalue weighted by Gasteiger charge is -2.01. The number of hydrogen-bond donors (Lipinski definition) is 2. The number of rotatable bonds is 1. The molecule has 3 nitrogen and oxygen atoms in total. The van der Waals surface area contributed by atoms with Gasteiger partial charge in [-0.2, -0.15) is 0 Å². The Kier molecular flexibility index (Phi) is 31.9. The summed E-state index contributed by atoms with van der Waals surface area (Å²) in [7, 11) is 3.25. The van der Waals surface area contributed by atoms with Gasteiger partial charge in [0.25, 0.3) is 0 Å². The van der Waals surface area contributed by atoms with E-state index in [2.05, 4.69) is 23.9 Å². The first-order chi connectivity index (χ1) is 7.26. The van der Waals surface area contributed by atoms with Crippen molar-refractivity contribution in [3.05, 3.63) is 0 Å². The number of nitrogens with one attached hydrogen (secondary N) is 1. The van der Waals surface area contributed by atoms with Crippen LogP contribution in [-0.2, 0) is 4.74 Å². The Morgan fingerprint density at radius 2 is 1.67 bits per heavy atom. The van der Waals surface area contributed by atoms with Gasteiger partial charge in [0.1, 0.15) is 0 Å². The van der Waals surface area contributed by atoms with Crippen molar-refractivity contribution in [3.63, 3.8) is 0 Å². The molecule has 1 fully saturated rings. The van der Waals surface area contributed by atoms with E-state index in [0.717, 1.165) is 13.0 Å². The Morgan fingerprint density at radius 3 is 1.80 bits per heavy atom. The summed E-state index contributed by atoms with van der Waals surface area (Å²) in [5.41, 5.74) is 0. The van der Waals surface area contributed by atoms with Crippen LogP contribution in [0.4, 0.5) is 0 Å². The molecule has 0 aromatic rings. The Hall–Kier alpha value is -0.120. The molecule has 0 aliphatic carbocycles. The average molecular weight is 221 g/mol. The second kappa shape index (κ2) is 23.6. The van der Waals surface area contributed by atoms with E-state index in [1.54, 1.807) is 14.2 Å². The minimum absolute atomic E-state index is 0.306. The summed E-state index contributed by atoms with van der Waals surface area (Å²) >= 11 is 0. The third-order valence-corrected chi connectivity index (χ3v) is 1.38. The van der Waals surface area contributed by atoms with Crippen LogP contribution < -0.4 is 5.32 Å². The highest BCUT2D eigenvalue weighted by Gasteiger charge is 2.10. The molecular formula is C12H31NO2. The van der Waals surface area contributed by atoms with Crippen molar-refractivity contribution < 1.29 is 9.84 Å². The first-order valence-electron chi connectivity index (χ1n) is 6.01. The Bertz CT molecular complexity index is 72.0. The molecule has 1 aliphatic heterocycles. The molecule has 1 aliphatic rings. The molecule has 0 spiro atoms. The summed E-state index contributed by atoms with van der Waals surface area (Å²) in [6.45, 7) is 9.64. The molecule has 0 amide bonds. The molecule has 1 rings (SSSR count). The van der Waals surface area contributed by atoms with Gasteiger partial charge in [0, 0.05) is 20.3 Å². The molecule has 0 aromatic carbocycles. The van der Waals surface area contributed by atoms with Crippen molar-refractivity contribution in [3.8, 4) is 0 Å². The summed E-state index contributed by atoms with van der Waals surface area (Å²) in [5, 5.41) is 11.7. The molecule has 1 atom stereocenters. The predicted octanol–water partition coefficient (Wildman–Crippen LogP) is 2.44. The van der Waals surface area contributed by atoms with Crippen molar-refractivity contribution in [2.75, 3.05) is 27.4 Å². The quantitative estimate of drug-likeness (QED) is 0.714. The number of methoxy groups -OCH3 is 1. The molecule has 1 unspecified atom stereocenters. The lowest BCUT2D eigenvalue weighted by Crippen LogP contribution is -2.24. The van der Waals surface area contributed by atoms with Crippen molar-refractivity contribution in [2.24, 2.45) is 0 Å². The van der Waals surface area contributed by atoms with E-state index in [1.165, 1.54) is 12.8 Å². The van der Waals surface area contributed by atoms with Gasteiger partial charge in [0.05, 0.1) is 6.61 Å². The molecule has 3 heteroatoms. The minimum atomic E-state index is 0.306. The third kappa shape index (κ3) is 24.8. The lowest BCUT2D eigenvalue weighted by atomic mass is 10.2. The van der Waals surface area contributed by atoms with Crippen molar-refractivity contribution in [1.29, 1.82) is 0 Å². The van der Waals surface area contributed by atoms with Crippen LogP contribution >= 0.6 is 0 Å². The summed E-state index contributed by atoms with van der Waals surface area (Å²) in [4.78, 5) is 0. The molecule has 0 radical (unpaired) electrons. The molecule has 15 heavy (non-hydrogen) atoms. The van der Waals surface area contributed by atoms with E-state index in [0.29, 0.717) is 12.6 Å². The third-order valence-electron chi connectivity index (χ3n) is 1.38. The molecule has 1 saturated heterocycles. The number of aliphatic hydroxyl groups is 1. The Morgan fingerprint density at radius 1 is 1.27 bits per heavy atom. The highest BCUT2D eigenvalue weighted by Crippen LogP contribution is 2.02. The number of hydrogen-bond acceptors (Lipinski definition) is 3. The van der Waals surface area contributed by atoms with Crippen molar-refractivity contribution >= 4 is 0 Å². The first kappa shape index (κ1) is 20.3. The Balaban J connectivity index is -0.000000154. The van der Waals surface area contributed by atoms with Gasteiger partial charge in [0.2, 0.25) is 0 Å². The van der Waals surface area contributed by atoms with Gasteiger partial charge in [-0.05, 0) is 19.4 Å². The summed E-state index contributed by atoms with van der Waals surface area (Å²) in [5.74, 6) is 0. The molecule has 0 bridgehead atoms. The van der Waals surface area contributed by atoms with Crippen LogP contribution in [0.15, 0.2) is 0 Å². The monoisotopic (exact) mass is 221 g/mol. The van der Waals surface area contributed by atoms with E-state index >= 15 is 0 Å². The highest BCUT2D eigenvalue weighted by atomic mass is 16.4. The normalized spacial score (nSPS) is 17.4. The average Bonchev–Trinajstić information content (AvgIpc) is 2.75. The van der Waals surface area contributed by atoms with Gasteiger partial charge in [-0.1, -0.05) is 34.1 Å². The number of ether oxygens (including phenoxy) is 1. The van der Waals surface area contributed by atoms with Crippen LogP contribution in [-0.4, -0.2) is 38.5 Å². The topological polar surface area (TPSA) is 41.5 Å². The molecule has 2 N–H and O–H groups in total. The number of aliphatic hydroxyl groups excluding tert-OH is 1. The van der Waals surface area contributed by atoms with Crippen LogP contribution in [0.3, 0.4) is 0 Å². The fourth-order valence-electron chi connectivity index (χ4n) is 0.913. The molecular weight excluding hydrogens is 190 g/mol. The van der Waals surface area contributed by atoms with E-state index in [4.69, 9.17) is 5.11 Å². The maximum absolute atomic E-state index is 8.50. The molecule has 0 saturated carbocycles. The summed E-state index contributed by atoms with van der Waals surface area (Å²) < 4.78 is 4.25. The maximum atomic E-state index is 8.50. The van der Waals surface area contributed by atoms with Gasteiger partial charge in [0.15, 0.2) is 0 Å². The zero-order valence-corrected chi connectivity index (χ0v) is 11.5. The SMILES string of the molecule is CC.CCC.COC.OCC1CCCN1. The minimum Gasteiger partial charge on any atom is -0.395 e. The predicted molar refractivity (Wildman–Crippen MR) is 68.4 cm³/mol. The van der Waals surface area contributed by atoms with Gasteiger partial charge < -0.3 is 15.2 Å². The smallest absolute Gasteiger partial charge is 0.0584 e. The first-order valence-corrected chi connectivity index (χ1v) is 6.01. The highest BCUT2D eigenvalue weighted by molar-refractivity contribution is 4.71. The fourth-order valence-corrected chi connectivity index (χ4v) is 0.913. The van der Waals surface area contributed by atoms with Crippen LogP contribution in [0.2, 0.25) is 0 Å².